The molecule has 0 radical (unpaired) electrons. The maximum Gasteiger partial charge on any atom is 0.230 e. The summed E-state index contributed by atoms with van der Waals surface area (Å²) in [6, 6.07) is 10.3. The van der Waals surface area contributed by atoms with Crippen LogP contribution in [-0.2, 0) is 16.6 Å². The third-order valence-corrected chi connectivity index (χ3v) is 6.62. The summed E-state index contributed by atoms with van der Waals surface area (Å²) in [7, 11) is 3.73. The van der Waals surface area contributed by atoms with Gasteiger partial charge >= 0.3 is 0 Å². The van der Waals surface area contributed by atoms with Crippen LogP contribution in [0.5, 0.6) is 0 Å². The lowest BCUT2D eigenvalue weighted by molar-refractivity contribution is -0.135. The fraction of sp³-hybridized carbons (Fsp3) is 0.435. The number of likely N-dealkylation sites (tertiary alicyclic amines) is 1. The first-order valence-electron chi connectivity index (χ1n) is 10.5. The van der Waals surface area contributed by atoms with E-state index in [-0.39, 0.29) is 11.3 Å². The Labute approximate surface area is 176 Å². The SMILES string of the molecule is COCCN1CCC2(CCN(c3nccc(-c4cn(C)c5ccccc45)n3)C2)C1=O. The number of methoxy groups -OCH3 is 1. The van der Waals surface area contributed by atoms with E-state index in [1.54, 1.807) is 7.11 Å². The van der Waals surface area contributed by atoms with E-state index < -0.39 is 0 Å². The molecule has 2 saturated heterocycles. The fourth-order valence-corrected chi connectivity index (χ4v) is 4.93. The van der Waals surface area contributed by atoms with E-state index >= 15 is 0 Å². The number of hydrogen-bond acceptors (Lipinski definition) is 5. The van der Waals surface area contributed by atoms with Crippen molar-refractivity contribution in [2.45, 2.75) is 12.8 Å². The molecule has 0 aliphatic carbocycles. The number of aryl methyl sites for hydroxylation is 1. The molecule has 1 unspecified atom stereocenters. The molecule has 2 fully saturated rings. The first-order valence-corrected chi connectivity index (χ1v) is 10.5. The molecule has 5 rings (SSSR count). The lowest BCUT2D eigenvalue weighted by Crippen LogP contribution is -2.38. The van der Waals surface area contributed by atoms with Crippen LogP contribution in [-0.4, -0.2) is 65.2 Å². The molecule has 3 aromatic rings. The zero-order chi connectivity index (χ0) is 20.7. The predicted octanol–water partition coefficient (Wildman–Crippen LogP) is 2.71. The van der Waals surface area contributed by atoms with Gasteiger partial charge in [-0.25, -0.2) is 9.97 Å². The molecular weight excluding hydrogens is 378 g/mol. The first-order chi connectivity index (χ1) is 14.6. The van der Waals surface area contributed by atoms with Gasteiger partial charge in [-0.1, -0.05) is 18.2 Å². The summed E-state index contributed by atoms with van der Waals surface area (Å²) in [6.45, 7) is 3.57. The normalized spacial score (nSPS) is 21.5. The summed E-state index contributed by atoms with van der Waals surface area (Å²) in [6.07, 6.45) is 5.70. The molecule has 7 nitrogen and oxygen atoms in total. The second-order valence-corrected chi connectivity index (χ2v) is 8.40. The summed E-state index contributed by atoms with van der Waals surface area (Å²) in [5, 5.41) is 1.18. The number of rotatable bonds is 5. The van der Waals surface area contributed by atoms with Crippen molar-refractivity contribution < 1.29 is 9.53 Å². The molecule has 156 valence electrons. The summed E-state index contributed by atoms with van der Waals surface area (Å²) < 4.78 is 7.28. The van der Waals surface area contributed by atoms with Crippen LogP contribution in [0.3, 0.4) is 0 Å². The van der Waals surface area contributed by atoms with Crippen LogP contribution < -0.4 is 4.90 Å². The van der Waals surface area contributed by atoms with Crippen LogP contribution in [0, 0.1) is 5.41 Å². The number of benzene rings is 1. The van der Waals surface area contributed by atoms with Gasteiger partial charge in [0.25, 0.3) is 0 Å². The van der Waals surface area contributed by atoms with Crippen molar-refractivity contribution in [3.8, 4) is 11.3 Å². The van der Waals surface area contributed by atoms with Crippen LogP contribution in [0.1, 0.15) is 12.8 Å². The minimum Gasteiger partial charge on any atom is -0.383 e. The van der Waals surface area contributed by atoms with Crippen LogP contribution in [0.15, 0.2) is 42.7 Å². The number of aromatic nitrogens is 3. The van der Waals surface area contributed by atoms with Gasteiger partial charge in [-0.2, -0.15) is 0 Å². The van der Waals surface area contributed by atoms with Gasteiger partial charge in [0.1, 0.15) is 0 Å². The lowest BCUT2D eigenvalue weighted by Gasteiger charge is -2.23. The lowest BCUT2D eigenvalue weighted by atomic mass is 9.85. The Morgan fingerprint density at radius 1 is 1.17 bits per heavy atom. The van der Waals surface area contributed by atoms with Crippen molar-refractivity contribution in [3.05, 3.63) is 42.7 Å². The Bertz CT molecular complexity index is 1090. The molecule has 30 heavy (non-hydrogen) atoms. The van der Waals surface area contributed by atoms with Gasteiger partial charge in [0.15, 0.2) is 0 Å². The average Bonchev–Trinajstić information content (AvgIpc) is 3.45. The molecule has 0 bridgehead atoms. The molecule has 0 saturated carbocycles. The van der Waals surface area contributed by atoms with Crippen molar-refractivity contribution in [3.63, 3.8) is 0 Å². The van der Waals surface area contributed by atoms with E-state index in [9.17, 15) is 4.79 Å². The van der Waals surface area contributed by atoms with Gasteiger partial charge in [-0.05, 0) is 25.0 Å². The maximum absolute atomic E-state index is 13.1. The third kappa shape index (κ3) is 3.04. The van der Waals surface area contributed by atoms with E-state index in [1.165, 1.54) is 10.9 Å². The van der Waals surface area contributed by atoms with E-state index in [2.05, 4.69) is 52.0 Å². The molecule has 1 aromatic carbocycles. The van der Waals surface area contributed by atoms with E-state index in [0.29, 0.717) is 25.6 Å². The van der Waals surface area contributed by atoms with Crippen molar-refractivity contribution in [1.82, 2.24) is 19.4 Å². The van der Waals surface area contributed by atoms with Crippen LogP contribution >= 0.6 is 0 Å². The summed E-state index contributed by atoms with van der Waals surface area (Å²) in [5.74, 6) is 0.965. The van der Waals surface area contributed by atoms with E-state index in [0.717, 1.165) is 37.2 Å². The number of amides is 1. The first kappa shape index (κ1) is 19.1. The van der Waals surface area contributed by atoms with Gasteiger partial charge in [0.2, 0.25) is 11.9 Å². The molecule has 2 aliphatic heterocycles. The highest BCUT2D eigenvalue weighted by molar-refractivity contribution is 5.95. The zero-order valence-electron chi connectivity index (χ0n) is 17.5. The third-order valence-electron chi connectivity index (χ3n) is 6.62. The minimum absolute atomic E-state index is 0.257. The number of carbonyl (C=O) groups is 1. The second kappa shape index (κ2) is 7.40. The highest BCUT2D eigenvalue weighted by Gasteiger charge is 2.51. The second-order valence-electron chi connectivity index (χ2n) is 8.40. The number of ether oxygens (including phenoxy) is 1. The van der Waals surface area contributed by atoms with Gasteiger partial charge in [0, 0.05) is 69.2 Å². The largest absolute Gasteiger partial charge is 0.383 e. The van der Waals surface area contributed by atoms with Crippen molar-refractivity contribution >= 4 is 22.8 Å². The monoisotopic (exact) mass is 405 g/mol. The van der Waals surface area contributed by atoms with E-state index in [1.807, 2.05) is 17.2 Å². The molecule has 7 heteroatoms. The number of para-hydroxylation sites is 1. The molecule has 1 atom stereocenters. The molecule has 0 N–H and O–H groups in total. The van der Waals surface area contributed by atoms with Crippen molar-refractivity contribution in [2.75, 3.05) is 44.8 Å². The molecule has 4 heterocycles. The molecule has 2 aromatic heterocycles. The summed E-state index contributed by atoms with van der Waals surface area (Å²) >= 11 is 0. The quantitative estimate of drug-likeness (QED) is 0.653. The summed E-state index contributed by atoms with van der Waals surface area (Å²) in [4.78, 5) is 26.6. The molecule has 1 amide bonds. The number of carbonyl (C=O) groups excluding carboxylic acids is 1. The molecule has 1 spiro atoms. The van der Waals surface area contributed by atoms with Crippen LogP contribution in [0.25, 0.3) is 22.2 Å². The Morgan fingerprint density at radius 3 is 2.87 bits per heavy atom. The highest BCUT2D eigenvalue weighted by atomic mass is 16.5. The highest BCUT2D eigenvalue weighted by Crippen LogP contribution is 2.41. The Balaban J connectivity index is 1.40. The average molecular weight is 406 g/mol. The Kier molecular flexibility index (Phi) is 4.70. The van der Waals surface area contributed by atoms with Crippen molar-refractivity contribution in [1.29, 1.82) is 0 Å². The van der Waals surface area contributed by atoms with Crippen LogP contribution in [0.2, 0.25) is 0 Å². The smallest absolute Gasteiger partial charge is 0.230 e. The van der Waals surface area contributed by atoms with Gasteiger partial charge in [-0.15, -0.1) is 0 Å². The van der Waals surface area contributed by atoms with Gasteiger partial charge in [0.05, 0.1) is 17.7 Å². The van der Waals surface area contributed by atoms with E-state index in [4.69, 9.17) is 9.72 Å². The fourth-order valence-electron chi connectivity index (χ4n) is 4.93. The van der Waals surface area contributed by atoms with Gasteiger partial charge in [-0.3, -0.25) is 4.79 Å². The van der Waals surface area contributed by atoms with Gasteiger partial charge < -0.3 is 19.1 Å². The maximum atomic E-state index is 13.1. The predicted molar refractivity (Wildman–Crippen MR) is 116 cm³/mol. The minimum atomic E-state index is -0.299. The Morgan fingerprint density at radius 2 is 2.00 bits per heavy atom. The zero-order valence-corrected chi connectivity index (χ0v) is 17.5. The summed E-state index contributed by atoms with van der Waals surface area (Å²) in [5.41, 5.74) is 2.90. The number of fused-ring (bicyclic) bond motifs is 1. The number of anilines is 1. The standard InChI is InChI=1S/C23H27N5O2/c1-26-15-18(17-5-3-4-6-20(17)26)19-7-10-24-22(25-19)28-12-9-23(16-28)8-11-27(21(23)29)13-14-30-2/h3-7,10,15H,8-9,11-14,16H2,1-2H3. The molecule has 2 aliphatic rings. The number of nitrogens with zero attached hydrogens (tertiary/aromatic N) is 5. The molecular formula is C23H27N5O2. The number of hydrogen-bond donors (Lipinski definition) is 0. The Hall–Kier alpha value is -2.93. The topological polar surface area (TPSA) is 63.5 Å². The van der Waals surface area contributed by atoms with Crippen LogP contribution in [0.4, 0.5) is 5.95 Å². The van der Waals surface area contributed by atoms with Crippen molar-refractivity contribution in [2.24, 2.45) is 12.5 Å².